The average Bonchev–Trinajstić information content (AvgIpc) is 2.76. The van der Waals surface area contributed by atoms with Gasteiger partial charge in [-0.1, -0.05) is 0 Å². The standard InChI is InChI=1S/C15H13N5O/c1-9-11(8-16)15(20(2)19-9)21-13-6-5-12(17)10-4-3-7-18-14(10)13/h3-7H,17H2,1-2H3. The molecule has 3 aromatic rings. The van der Waals surface area contributed by atoms with E-state index < -0.39 is 0 Å². The van der Waals surface area contributed by atoms with Crippen LogP contribution >= 0.6 is 0 Å². The van der Waals surface area contributed by atoms with E-state index in [1.807, 2.05) is 12.1 Å². The van der Waals surface area contributed by atoms with Crippen molar-refractivity contribution in [1.29, 1.82) is 5.26 Å². The summed E-state index contributed by atoms with van der Waals surface area (Å²) in [6.45, 7) is 1.77. The van der Waals surface area contributed by atoms with Gasteiger partial charge in [-0.3, -0.25) is 4.98 Å². The van der Waals surface area contributed by atoms with Gasteiger partial charge in [-0.25, -0.2) is 4.68 Å². The van der Waals surface area contributed by atoms with Gasteiger partial charge in [0.2, 0.25) is 5.88 Å². The van der Waals surface area contributed by atoms with Crippen molar-refractivity contribution >= 4 is 16.6 Å². The molecule has 0 amide bonds. The number of anilines is 1. The molecule has 0 saturated carbocycles. The number of nitrogens with two attached hydrogens (primary N) is 1. The summed E-state index contributed by atoms with van der Waals surface area (Å²) in [4.78, 5) is 4.31. The second-order valence-electron chi connectivity index (χ2n) is 4.66. The van der Waals surface area contributed by atoms with Gasteiger partial charge >= 0.3 is 0 Å². The van der Waals surface area contributed by atoms with E-state index >= 15 is 0 Å². The maximum Gasteiger partial charge on any atom is 0.235 e. The molecular weight excluding hydrogens is 266 g/mol. The fourth-order valence-electron chi connectivity index (χ4n) is 2.24. The molecule has 0 radical (unpaired) electrons. The third-order valence-electron chi connectivity index (χ3n) is 3.25. The molecule has 0 spiro atoms. The van der Waals surface area contributed by atoms with E-state index in [4.69, 9.17) is 10.5 Å². The Kier molecular flexibility index (Phi) is 2.95. The summed E-state index contributed by atoms with van der Waals surface area (Å²) in [7, 11) is 1.73. The van der Waals surface area contributed by atoms with Crippen molar-refractivity contribution in [3.05, 3.63) is 41.7 Å². The SMILES string of the molecule is Cc1nn(C)c(Oc2ccc(N)c3cccnc23)c1C#N. The number of rotatable bonds is 2. The molecule has 0 atom stereocenters. The summed E-state index contributed by atoms with van der Waals surface area (Å²) in [5, 5.41) is 14.2. The molecule has 0 aliphatic rings. The first kappa shape index (κ1) is 12.9. The Labute approximate surface area is 121 Å². The van der Waals surface area contributed by atoms with Crippen molar-refractivity contribution in [3.63, 3.8) is 0 Å². The molecule has 0 fully saturated rings. The lowest BCUT2D eigenvalue weighted by molar-refractivity contribution is 0.433. The summed E-state index contributed by atoms with van der Waals surface area (Å²) >= 11 is 0. The Morgan fingerprint density at radius 2 is 2.14 bits per heavy atom. The molecule has 2 aromatic heterocycles. The van der Waals surface area contributed by atoms with Gasteiger partial charge in [0.1, 0.15) is 17.1 Å². The molecule has 104 valence electrons. The van der Waals surface area contributed by atoms with Crippen molar-refractivity contribution in [2.75, 3.05) is 5.73 Å². The molecular formula is C15H13N5O. The van der Waals surface area contributed by atoms with Gasteiger partial charge in [-0.15, -0.1) is 0 Å². The lowest BCUT2D eigenvalue weighted by atomic mass is 10.1. The first-order chi connectivity index (χ1) is 10.1. The molecule has 3 rings (SSSR count). The number of nitrogens with zero attached hydrogens (tertiary/aromatic N) is 4. The lowest BCUT2D eigenvalue weighted by Gasteiger charge is -2.09. The van der Waals surface area contributed by atoms with E-state index in [2.05, 4.69) is 16.2 Å². The van der Waals surface area contributed by atoms with Crippen LogP contribution in [0.25, 0.3) is 10.9 Å². The number of hydrogen-bond acceptors (Lipinski definition) is 5. The van der Waals surface area contributed by atoms with Crippen LogP contribution in [0.5, 0.6) is 11.6 Å². The average molecular weight is 279 g/mol. The van der Waals surface area contributed by atoms with Crippen LogP contribution < -0.4 is 10.5 Å². The summed E-state index contributed by atoms with van der Waals surface area (Å²) in [6.07, 6.45) is 1.67. The van der Waals surface area contributed by atoms with Gasteiger partial charge in [0.15, 0.2) is 5.75 Å². The second kappa shape index (κ2) is 4.80. The molecule has 0 aliphatic heterocycles. The van der Waals surface area contributed by atoms with Crippen molar-refractivity contribution in [3.8, 4) is 17.7 Å². The maximum atomic E-state index is 9.23. The lowest BCUT2D eigenvalue weighted by Crippen LogP contribution is -1.98. The predicted octanol–water partition coefficient (Wildman–Crippen LogP) is 2.52. The molecule has 2 heterocycles. The third-order valence-corrected chi connectivity index (χ3v) is 3.25. The van der Waals surface area contributed by atoms with Crippen molar-refractivity contribution in [1.82, 2.24) is 14.8 Å². The van der Waals surface area contributed by atoms with Crippen LogP contribution in [0.2, 0.25) is 0 Å². The molecule has 1 aromatic carbocycles. The summed E-state index contributed by atoms with van der Waals surface area (Å²) in [5.41, 5.74) is 8.27. The van der Waals surface area contributed by atoms with Gasteiger partial charge in [0.25, 0.3) is 0 Å². The van der Waals surface area contributed by atoms with Gasteiger partial charge in [0, 0.05) is 24.3 Å². The molecule has 0 aliphatic carbocycles. The van der Waals surface area contributed by atoms with E-state index in [0.717, 1.165) is 5.39 Å². The highest BCUT2D eigenvalue weighted by Crippen LogP contribution is 2.33. The van der Waals surface area contributed by atoms with Crippen LogP contribution in [0.1, 0.15) is 11.3 Å². The molecule has 21 heavy (non-hydrogen) atoms. The second-order valence-corrected chi connectivity index (χ2v) is 4.66. The highest BCUT2D eigenvalue weighted by Gasteiger charge is 2.17. The van der Waals surface area contributed by atoms with Crippen LogP contribution in [0.3, 0.4) is 0 Å². The monoisotopic (exact) mass is 279 g/mol. The highest BCUT2D eigenvalue weighted by molar-refractivity contribution is 5.94. The van der Waals surface area contributed by atoms with Crippen LogP contribution in [0, 0.1) is 18.3 Å². The van der Waals surface area contributed by atoms with Crippen LogP contribution in [0.4, 0.5) is 5.69 Å². The third kappa shape index (κ3) is 2.05. The first-order valence-corrected chi connectivity index (χ1v) is 6.36. The number of hydrogen-bond donors (Lipinski definition) is 1. The summed E-state index contributed by atoms with van der Waals surface area (Å²) in [5.74, 6) is 0.936. The first-order valence-electron chi connectivity index (χ1n) is 6.36. The zero-order valence-corrected chi connectivity index (χ0v) is 11.7. The Balaban J connectivity index is 2.16. The van der Waals surface area contributed by atoms with Crippen molar-refractivity contribution in [2.45, 2.75) is 6.92 Å². The Hall–Kier alpha value is -3.07. The van der Waals surface area contributed by atoms with E-state index in [0.29, 0.717) is 34.1 Å². The number of aryl methyl sites for hydroxylation is 2. The van der Waals surface area contributed by atoms with E-state index in [-0.39, 0.29) is 0 Å². The zero-order valence-electron chi connectivity index (χ0n) is 11.7. The highest BCUT2D eigenvalue weighted by atomic mass is 16.5. The number of ether oxygens (including phenoxy) is 1. The normalized spacial score (nSPS) is 10.5. The van der Waals surface area contributed by atoms with Crippen LogP contribution in [-0.2, 0) is 7.05 Å². The molecule has 0 unspecified atom stereocenters. The van der Waals surface area contributed by atoms with Crippen molar-refractivity contribution in [2.24, 2.45) is 7.05 Å². The predicted molar refractivity (Wildman–Crippen MR) is 78.9 cm³/mol. The largest absolute Gasteiger partial charge is 0.436 e. The molecule has 0 bridgehead atoms. The van der Waals surface area contributed by atoms with E-state index in [1.54, 1.807) is 37.0 Å². The number of fused-ring (bicyclic) bond motifs is 1. The van der Waals surface area contributed by atoms with E-state index in [1.165, 1.54) is 0 Å². The Bertz CT molecular complexity index is 876. The number of nitriles is 1. The fourth-order valence-corrected chi connectivity index (χ4v) is 2.24. The number of pyridine rings is 1. The number of benzene rings is 1. The van der Waals surface area contributed by atoms with Gasteiger partial charge < -0.3 is 10.5 Å². The molecule has 2 N–H and O–H groups in total. The Morgan fingerprint density at radius 1 is 1.33 bits per heavy atom. The number of nitrogen functional groups attached to an aromatic ring is 1. The van der Waals surface area contributed by atoms with E-state index in [9.17, 15) is 5.26 Å². The molecule has 6 heteroatoms. The summed E-state index contributed by atoms with van der Waals surface area (Å²) < 4.78 is 7.42. The zero-order chi connectivity index (χ0) is 15.0. The van der Waals surface area contributed by atoms with Gasteiger partial charge in [0.05, 0.1) is 5.69 Å². The minimum Gasteiger partial charge on any atom is -0.436 e. The maximum absolute atomic E-state index is 9.23. The smallest absolute Gasteiger partial charge is 0.235 e. The van der Waals surface area contributed by atoms with Gasteiger partial charge in [-0.05, 0) is 31.2 Å². The van der Waals surface area contributed by atoms with Gasteiger partial charge in [-0.2, -0.15) is 10.4 Å². The minimum absolute atomic E-state index is 0.395. The molecule has 0 saturated heterocycles. The number of aromatic nitrogens is 3. The van der Waals surface area contributed by atoms with Crippen LogP contribution in [0.15, 0.2) is 30.5 Å². The minimum atomic E-state index is 0.395. The summed E-state index contributed by atoms with van der Waals surface area (Å²) in [6, 6.07) is 9.31. The topological polar surface area (TPSA) is 89.8 Å². The molecule has 6 nitrogen and oxygen atoms in total. The quantitative estimate of drug-likeness (QED) is 0.728. The van der Waals surface area contributed by atoms with Crippen LogP contribution in [-0.4, -0.2) is 14.8 Å². The fraction of sp³-hybridized carbons (Fsp3) is 0.133. The Morgan fingerprint density at radius 3 is 2.90 bits per heavy atom. The van der Waals surface area contributed by atoms with Crippen molar-refractivity contribution < 1.29 is 4.74 Å².